The summed E-state index contributed by atoms with van der Waals surface area (Å²) >= 11 is 3.41. The van der Waals surface area contributed by atoms with Gasteiger partial charge in [-0.15, -0.1) is 23.7 Å². The number of anilines is 1. The lowest BCUT2D eigenvalue weighted by Gasteiger charge is -2.34. The summed E-state index contributed by atoms with van der Waals surface area (Å²) in [6.07, 6.45) is 0. The van der Waals surface area contributed by atoms with Crippen LogP contribution in [0.5, 0.6) is 0 Å². The monoisotopic (exact) mass is 549 g/mol. The van der Waals surface area contributed by atoms with E-state index in [2.05, 4.69) is 40.2 Å². The van der Waals surface area contributed by atoms with Crippen LogP contribution in [0.25, 0.3) is 31.7 Å². The average Bonchev–Trinajstić information content (AvgIpc) is 3.59. The van der Waals surface area contributed by atoms with Crippen LogP contribution >= 0.6 is 35.1 Å². The smallest absolute Gasteiger partial charge is 0.252 e. The number of benzene rings is 2. The van der Waals surface area contributed by atoms with Gasteiger partial charge in [0.1, 0.15) is 0 Å². The van der Waals surface area contributed by atoms with Crippen molar-refractivity contribution in [1.82, 2.24) is 20.2 Å². The van der Waals surface area contributed by atoms with Crippen LogP contribution < -0.4 is 10.2 Å². The highest BCUT2D eigenvalue weighted by Crippen LogP contribution is 2.30. The normalized spacial score (nSPS) is 14.1. The van der Waals surface area contributed by atoms with Gasteiger partial charge in [0.05, 0.1) is 31.9 Å². The maximum absolute atomic E-state index is 13.2. The number of hydrogen-bond donors (Lipinski definition) is 1. The first kappa shape index (κ1) is 25.6. The third kappa shape index (κ3) is 5.48. The van der Waals surface area contributed by atoms with Crippen LogP contribution in [0, 0.1) is 6.92 Å². The number of nitrogens with one attached hydrogen (secondary N) is 1. The van der Waals surface area contributed by atoms with Gasteiger partial charge in [-0.1, -0.05) is 41.7 Å². The number of thiazole rings is 1. The lowest BCUT2D eigenvalue weighted by molar-refractivity contribution is 0.0949. The van der Waals surface area contributed by atoms with Crippen LogP contribution in [-0.2, 0) is 0 Å². The number of thiophene rings is 1. The second-order valence-corrected chi connectivity index (χ2v) is 11.1. The molecular weight excluding hydrogens is 522 g/mol. The van der Waals surface area contributed by atoms with Crippen molar-refractivity contribution < 1.29 is 4.79 Å². The van der Waals surface area contributed by atoms with Gasteiger partial charge in [-0.3, -0.25) is 9.69 Å². The Bertz CT molecular complexity index is 1530. The maximum atomic E-state index is 13.2. The first-order valence-electron chi connectivity index (χ1n) is 12.2. The Morgan fingerprint density at radius 3 is 2.62 bits per heavy atom. The molecule has 0 aliphatic carbocycles. The van der Waals surface area contributed by atoms with E-state index in [0.29, 0.717) is 12.1 Å². The van der Waals surface area contributed by atoms with E-state index in [9.17, 15) is 4.79 Å². The molecule has 37 heavy (non-hydrogen) atoms. The molecule has 6 nitrogen and oxygen atoms in total. The highest BCUT2D eigenvalue weighted by Gasteiger charge is 2.20. The van der Waals surface area contributed by atoms with Gasteiger partial charge in [-0.05, 0) is 48.2 Å². The fraction of sp³-hybridized carbons (Fsp3) is 0.250. The number of nitrogens with zero attached hydrogens (tertiary/aromatic N) is 4. The number of halogens is 1. The molecule has 4 heterocycles. The number of pyridine rings is 1. The zero-order chi connectivity index (χ0) is 24.5. The Morgan fingerprint density at radius 2 is 1.81 bits per heavy atom. The third-order valence-electron chi connectivity index (χ3n) is 6.62. The summed E-state index contributed by atoms with van der Waals surface area (Å²) in [5, 5.41) is 7.17. The van der Waals surface area contributed by atoms with Crippen LogP contribution in [0.1, 0.15) is 15.9 Å². The van der Waals surface area contributed by atoms with E-state index in [1.165, 1.54) is 10.3 Å². The van der Waals surface area contributed by atoms with Gasteiger partial charge >= 0.3 is 0 Å². The summed E-state index contributed by atoms with van der Waals surface area (Å²) in [6, 6.07) is 20.3. The second-order valence-electron chi connectivity index (χ2n) is 9.10. The molecule has 1 aliphatic heterocycles. The van der Waals surface area contributed by atoms with Crippen molar-refractivity contribution in [2.75, 3.05) is 44.2 Å². The summed E-state index contributed by atoms with van der Waals surface area (Å²) < 4.78 is 1.25. The quantitative estimate of drug-likeness (QED) is 0.288. The predicted molar refractivity (Wildman–Crippen MR) is 158 cm³/mol. The van der Waals surface area contributed by atoms with Crippen molar-refractivity contribution in [3.05, 3.63) is 77.2 Å². The minimum absolute atomic E-state index is 0. The van der Waals surface area contributed by atoms with E-state index in [4.69, 9.17) is 9.97 Å². The fourth-order valence-corrected chi connectivity index (χ4v) is 6.46. The number of piperazine rings is 1. The van der Waals surface area contributed by atoms with Crippen molar-refractivity contribution in [2.45, 2.75) is 6.92 Å². The Morgan fingerprint density at radius 1 is 0.973 bits per heavy atom. The SMILES string of the molecule is Cc1ccc2nc(N3CCN(CCNC(=O)c4cc(-c5cccs5)nc5ccccc45)CC3)sc2c1.Cl. The molecule has 5 aromatic rings. The molecule has 0 spiro atoms. The number of rotatable bonds is 6. The van der Waals surface area contributed by atoms with Gasteiger partial charge in [0.15, 0.2) is 5.13 Å². The largest absolute Gasteiger partial charge is 0.351 e. The van der Waals surface area contributed by atoms with E-state index < -0.39 is 0 Å². The van der Waals surface area contributed by atoms with Crippen molar-refractivity contribution in [1.29, 1.82) is 0 Å². The van der Waals surface area contributed by atoms with Gasteiger partial charge in [-0.2, -0.15) is 0 Å². The summed E-state index contributed by atoms with van der Waals surface area (Å²) in [6.45, 7) is 7.40. The molecule has 2 aromatic carbocycles. The van der Waals surface area contributed by atoms with Crippen LogP contribution in [0.3, 0.4) is 0 Å². The Balaban J connectivity index is 0.00000280. The van der Waals surface area contributed by atoms with Crippen LogP contribution in [-0.4, -0.2) is 60.0 Å². The van der Waals surface area contributed by atoms with Gasteiger partial charge in [-0.25, -0.2) is 9.97 Å². The van der Waals surface area contributed by atoms with Gasteiger partial charge < -0.3 is 10.2 Å². The Hall–Kier alpha value is -3.04. The molecule has 1 amide bonds. The number of hydrogen-bond acceptors (Lipinski definition) is 7. The number of fused-ring (bicyclic) bond motifs is 2. The lowest BCUT2D eigenvalue weighted by Crippen LogP contribution is -2.48. The predicted octanol–water partition coefficient (Wildman–Crippen LogP) is 5.86. The van der Waals surface area contributed by atoms with Crippen LogP contribution in [0.4, 0.5) is 5.13 Å². The highest BCUT2D eigenvalue weighted by molar-refractivity contribution is 7.22. The zero-order valence-electron chi connectivity index (χ0n) is 20.5. The zero-order valence-corrected chi connectivity index (χ0v) is 23.0. The van der Waals surface area contributed by atoms with Gasteiger partial charge in [0, 0.05) is 44.7 Å². The number of para-hydroxylation sites is 1. The maximum Gasteiger partial charge on any atom is 0.252 e. The van der Waals surface area contributed by atoms with Crippen molar-refractivity contribution in [2.24, 2.45) is 0 Å². The molecule has 0 radical (unpaired) electrons. The summed E-state index contributed by atoms with van der Waals surface area (Å²) in [5.74, 6) is -0.0465. The van der Waals surface area contributed by atoms with E-state index in [0.717, 1.165) is 64.8 Å². The minimum atomic E-state index is -0.0465. The first-order chi connectivity index (χ1) is 17.6. The first-order valence-corrected chi connectivity index (χ1v) is 13.9. The third-order valence-corrected chi connectivity index (χ3v) is 8.59. The molecule has 190 valence electrons. The molecule has 0 bridgehead atoms. The fourth-order valence-electron chi connectivity index (χ4n) is 4.65. The summed E-state index contributed by atoms with van der Waals surface area (Å²) in [7, 11) is 0. The number of aryl methyl sites for hydroxylation is 1. The molecule has 1 N–H and O–H groups in total. The van der Waals surface area contributed by atoms with Crippen LogP contribution in [0.2, 0.25) is 0 Å². The van der Waals surface area contributed by atoms with Crippen molar-refractivity contribution >= 4 is 67.2 Å². The molecule has 1 saturated heterocycles. The Kier molecular flexibility index (Phi) is 7.71. The number of carbonyl (C=O) groups is 1. The molecule has 6 rings (SSSR count). The molecule has 1 aliphatic rings. The number of aromatic nitrogens is 2. The number of amides is 1. The van der Waals surface area contributed by atoms with Crippen molar-refractivity contribution in [3.63, 3.8) is 0 Å². The summed E-state index contributed by atoms with van der Waals surface area (Å²) in [5.41, 5.74) is 4.72. The van der Waals surface area contributed by atoms with E-state index in [1.54, 1.807) is 22.7 Å². The second kappa shape index (κ2) is 11.1. The molecule has 1 fully saturated rings. The highest BCUT2D eigenvalue weighted by atomic mass is 35.5. The van der Waals surface area contributed by atoms with Crippen LogP contribution in [0.15, 0.2) is 66.0 Å². The van der Waals surface area contributed by atoms with E-state index >= 15 is 0 Å². The van der Waals surface area contributed by atoms with Gasteiger partial charge in [0.2, 0.25) is 0 Å². The molecule has 9 heteroatoms. The average molecular weight is 550 g/mol. The molecule has 0 atom stereocenters. The lowest BCUT2D eigenvalue weighted by atomic mass is 10.1. The number of carbonyl (C=O) groups excluding carboxylic acids is 1. The summed E-state index contributed by atoms with van der Waals surface area (Å²) in [4.78, 5) is 28.7. The van der Waals surface area contributed by atoms with Gasteiger partial charge in [0.25, 0.3) is 5.91 Å². The standard InChI is InChI=1S/C28H27N5OS2.ClH/c1-19-8-9-23-26(17-19)36-28(31-23)33-14-12-32(13-15-33)11-10-29-27(34)21-18-24(25-7-4-16-35-25)30-22-6-3-2-5-20(21)22;/h2-9,16-18H,10-15H2,1H3,(H,29,34);1H. The topological polar surface area (TPSA) is 61.4 Å². The minimum Gasteiger partial charge on any atom is -0.351 e. The molecule has 3 aromatic heterocycles. The van der Waals surface area contributed by atoms with E-state index in [1.807, 2.05) is 47.8 Å². The van der Waals surface area contributed by atoms with E-state index in [-0.39, 0.29) is 18.3 Å². The molecule has 0 unspecified atom stereocenters. The van der Waals surface area contributed by atoms with Crippen molar-refractivity contribution in [3.8, 4) is 10.6 Å². The molecule has 0 saturated carbocycles. The molecular formula is C28H28ClN5OS2. The Labute approximate surface area is 230 Å².